The fourth-order valence-corrected chi connectivity index (χ4v) is 2.57. The van der Waals surface area contributed by atoms with Crippen LogP contribution in [0.4, 0.5) is 0 Å². The van der Waals surface area contributed by atoms with E-state index in [-0.39, 0.29) is 18.2 Å². The Morgan fingerprint density at radius 1 is 1.00 bits per heavy atom. The molecule has 2 N–H and O–H groups in total. The number of fused-ring (bicyclic) bond motifs is 1. The molecule has 1 heterocycles. The Labute approximate surface area is 123 Å². The number of pyridine rings is 1. The molecule has 0 saturated carbocycles. The molecule has 1 aromatic heterocycles. The summed E-state index contributed by atoms with van der Waals surface area (Å²) in [5.41, 5.74) is 8.16. The van der Waals surface area contributed by atoms with E-state index in [0.717, 1.165) is 16.5 Å². The minimum absolute atomic E-state index is 0.0213. The second kappa shape index (κ2) is 5.85. The second-order valence-electron chi connectivity index (χ2n) is 4.94. The Morgan fingerprint density at radius 3 is 2.52 bits per heavy atom. The van der Waals surface area contributed by atoms with E-state index in [1.54, 1.807) is 6.20 Å². The molecule has 0 aliphatic rings. The van der Waals surface area contributed by atoms with Gasteiger partial charge in [-0.1, -0.05) is 48.5 Å². The Kier molecular flexibility index (Phi) is 3.75. The van der Waals surface area contributed by atoms with E-state index in [2.05, 4.69) is 4.98 Å². The molecule has 0 fully saturated rings. The zero-order valence-electron chi connectivity index (χ0n) is 11.6. The highest BCUT2D eigenvalue weighted by atomic mass is 16.1. The largest absolute Gasteiger partial charge is 0.329 e. The number of nitrogens with two attached hydrogens (primary N) is 1. The van der Waals surface area contributed by atoms with Crippen LogP contribution in [0.3, 0.4) is 0 Å². The first-order valence-electron chi connectivity index (χ1n) is 6.94. The molecule has 0 saturated heterocycles. The van der Waals surface area contributed by atoms with E-state index in [9.17, 15) is 4.79 Å². The Bertz CT molecular complexity index is 763. The summed E-state index contributed by atoms with van der Waals surface area (Å²) in [5.74, 6) is -0.313. The topological polar surface area (TPSA) is 56.0 Å². The average molecular weight is 276 g/mol. The van der Waals surface area contributed by atoms with Crippen LogP contribution in [0.25, 0.3) is 10.9 Å². The lowest BCUT2D eigenvalue weighted by Gasteiger charge is -2.15. The van der Waals surface area contributed by atoms with Crippen molar-refractivity contribution in [1.82, 2.24) is 4.98 Å². The fourth-order valence-electron chi connectivity index (χ4n) is 2.57. The van der Waals surface area contributed by atoms with Gasteiger partial charge < -0.3 is 5.73 Å². The number of nitrogens with zero attached hydrogens (tertiary/aromatic N) is 1. The predicted molar refractivity (Wildman–Crippen MR) is 84.3 cm³/mol. The van der Waals surface area contributed by atoms with E-state index in [4.69, 9.17) is 5.73 Å². The summed E-state index contributed by atoms with van der Waals surface area (Å²) in [6.07, 6.45) is 1.71. The molecule has 0 spiro atoms. The number of carbonyl (C=O) groups excluding carboxylic acids is 1. The third-order valence-corrected chi connectivity index (χ3v) is 3.65. The monoisotopic (exact) mass is 276 g/mol. The first kappa shape index (κ1) is 13.5. The van der Waals surface area contributed by atoms with Gasteiger partial charge in [0, 0.05) is 23.7 Å². The number of carbonyl (C=O) groups is 1. The quantitative estimate of drug-likeness (QED) is 0.745. The van der Waals surface area contributed by atoms with E-state index >= 15 is 0 Å². The molecule has 0 bridgehead atoms. The summed E-state index contributed by atoms with van der Waals surface area (Å²) in [6, 6.07) is 19.1. The number of benzene rings is 2. The van der Waals surface area contributed by atoms with Crippen LogP contribution < -0.4 is 5.73 Å². The minimum Gasteiger partial charge on any atom is -0.329 e. The van der Waals surface area contributed by atoms with Gasteiger partial charge >= 0.3 is 0 Å². The lowest BCUT2D eigenvalue weighted by molar-refractivity contribution is 0.0964. The first-order chi connectivity index (χ1) is 10.3. The highest BCUT2D eigenvalue weighted by Gasteiger charge is 2.22. The maximum absolute atomic E-state index is 12.9. The van der Waals surface area contributed by atoms with E-state index < -0.39 is 0 Å². The molecule has 21 heavy (non-hydrogen) atoms. The zero-order valence-corrected chi connectivity index (χ0v) is 11.6. The van der Waals surface area contributed by atoms with Gasteiger partial charge in [0.1, 0.15) is 0 Å². The normalized spacial score (nSPS) is 12.2. The van der Waals surface area contributed by atoms with Gasteiger partial charge in [0.2, 0.25) is 0 Å². The number of rotatable bonds is 4. The van der Waals surface area contributed by atoms with Gasteiger partial charge in [0.05, 0.1) is 11.4 Å². The SMILES string of the molecule is NCC(C(=O)c1cccc2cccnc12)c1ccccc1. The zero-order chi connectivity index (χ0) is 14.7. The van der Waals surface area contributed by atoms with Crippen LogP contribution in [0, 0.1) is 0 Å². The molecule has 0 amide bonds. The van der Waals surface area contributed by atoms with Gasteiger partial charge in [-0.05, 0) is 17.7 Å². The van der Waals surface area contributed by atoms with Gasteiger partial charge in [-0.15, -0.1) is 0 Å². The van der Waals surface area contributed by atoms with Gasteiger partial charge in [0.15, 0.2) is 5.78 Å². The van der Waals surface area contributed by atoms with Gasteiger partial charge in [-0.25, -0.2) is 0 Å². The summed E-state index contributed by atoms with van der Waals surface area (Å²) in [6.45, 7) is 0.284. The summed E-state index contributed by atoms with van der Waals surface area (Å²) in [5, 5.41) is 0.965. The molecule has 104 valence electrons. The van der Waals surface area contributed by atoms with Crippen LogP contribution >= 0.6 is 0 Å². The van der Waals surface area contributed by atoms with Crippen molar-refractivity contribution < 1.29 is 4.79 Å². The third kappa shape index (κ3) is 2.56. The lowest BCUT2D eigenvalue weighted by atomic mass is 9.90. The first-order valence-corrected chi connectivity index (χ1v) is 6.94. The molecule has 3 heteroatoms. The van der Waals surface area contributed by atoms with Crippen molar-refractivity contribution >= 4 is 16.7 Å². The average Bonchev–Trinajstić information content (AvgIpc) is 2.56. The number of ketones is 1. The highest BCUT2D eigenvalue weighted by molar-refractivity contribution is 6.09. The van der Waals surface area contributed by atoms with Crippen LogP contribution in [-0.2, 0) is 0 Å². The number of hydrogen-bond acceptors (Lipinski definition) is 3. The lowest BCUT2D eigenvalue weighted by Crippen LogP contribution is -2.22. The van der Waals surface area contributed by atoms with Crippen LogP contribution in [0.2, 0.25) is 0 Å². The molecule has 0 aliphatic heterocycles. The van der Waals surface area contributed by atoms with E-state index in [1.807, 2.05) is 60.7 Å². The van der Waals surface area contributed by atoms with Crippen molar-refractivity contribution in [2.75, 3.05) is 6.54 Å². The molecule has 0 aliphatic carbocycles. The predicted octanol–water partition coefficient (Wildman–Crippen LogP) is 3.16. The number of hydrogen-bond donors (Lipinski definition) is 1. The summed E-state index contributed by atoms with van der Waals surface area (Å²) >= 11 is 0. The van der Waals surface area contributed by atoms with Gasteiger partial charge in [-0.3, -0.25) is 9.78 Å². The van der Waals surface area contributed by atoms with Crippen molar-refractivity contribution in [1.29, 1.82) is 0 Å². The smallest absolute Gasteiger partial charge is 0.173 e. The Hall–Kier alpha value is -2.52. The van der Waals surface area contributed by atoms with Crippen LogP contribution in [0.1, 0.15) is 21.8 Å². The molecular formula is C18H16N2O. The fraction of sp³-hybridized carbons (Fsp3) is 0.111. The molecule has 1 unspecified atom stereocenters. The Balaban J connectivity index is 2.07. The van der Waals surface area contributed by atoms with Crippen LogP contribution in [0.15, 0.2) is 66.9 Å². The molecule has 0 radical (unpaired) electrons. The van der Waals surface area contributed by atoms with Crippen molar-refractivity contribution in [2.24, 2.45) is 5.73 Å². The van der Waals surface area contributed by atoms with Gasteiger partial charge in [0.25, 0.3) is 0 Å². The molecule has 3 rings (SSSR count). The number of aromatic nitrogens is 1. The highest BCUT2D eigenvalue weighted by Crippen LogP contribution is 2.24. The van der Waals surface area contributed by atoms with Crippen LogP contribution in [-0.4, -0.2) is 17.3 Å². The number of para-hydroxylation sites is 1. The van der Waals surface area contributed by atoms with Crippen molar-refractivity contribution in [3.05, 3.63) is 78.0 Å². The van der Waals surface area contributed by atoms with Crippen molar-refractivity contribution in [3.8, 4) is 0 Å². The standard InChI is InChI=1S/C18H16N2O/c19-12-16(13-6-2-1-3-7-13)18(21)15-10-4-8-14-9-5-11-20-17(14)15/h1-11,16H,12,19H2. The molecule has 2 aromatic carbocycles. The van der Waals surface area contributed by atoms with Crippen LogP contribution in [0.5, 0.6) is 0 Å². The van der Waals surface area contributed by atoms with Gasteiger partial charge in [-0.2, -0.15) is 0 Å². The summed E-state index contributed by atoms with van der Waals surface area (Å²) < 4.78 is 0. The van der Waals surface area contributed by atoms with Crippen molar-refractivity contribution in [2.45, 2.75) is 5.92 Å². The number of Topliss-reactive ketones (excluding diaryl/α,β-unsaturated/α-hetero) is 1. The summed E-state index contributed by atoms with van der Waals surface area (Å²) in [7, 11) is 0. The van der Waals surface area contributed by atoms with E-state index in [0.29, 0.717) is 5.56 Å². The molecule has 1 atom stereocenters. The maximum Gasteiger partial charge on any atom is 0.173 e. The van der Waals surface area contributed by atoms with E-state index in [1.165, 1.54) is 0 Å². The summed E-state index contributed by atoms with van der Waals surface area (Å²) in [4.78, 5) is 17.2. The molecule has 3 nitrogen and oxygen atoms in total. The molecular weight excluding hydrogens is 260 g/mol. The molecule has 3 aromatic rings. The second-order valence-corrected chi connectivity index (χ2v) is 4.94. The maximum atomic E-state index is 12.9. The Morgan fingerprint density at radius 2 is 1.76 bits per heavy atom. The third-order valence-electron chi connectivity index (χ3n) is 3.65. The van der Waals surface area contributed by atoms with Crippen molar-refractivity contribution in [3.63, 3.8) is 0 Å². The minimum atomic E-state index is -0.334.